The van der Waals surface area contributed by atoms with Crippen LogP contribution in [0.5, 0.6) is 0 Å². The van der Waals surface area contributed by atoms with Crippen LogP contribution in [0.4, 0.5) is 0 Å². The molecule has 3 aliphatic carbocycles. The highest BCUT2D eigenvalue weighted by molar-refractivity contribution is 7.99. The molecule has 31 heavy (non-hydrogen) atoms. The molecular formula is C24H35N3O3S. The minimum absolute atomic E-state index is 0.123. The number of amidine groups is 1. The van der Waals surface area contributed by atoms with Crippen molar-refractivity contribution in [3.8, 4) is 0 Å². The molecule has 0 aromatic heterocycles. The molecule has 8 atom stereocenters. The maximum absolute atomic E-state index is 13.4. The summed E-state index contributed by atoms with van der Waals surface area (Å²) in [6, 6.07) is 0.323. The van der Waals surface area contributed by atoms with Crippen LogP contribution in [0.25, 0.3) is 0 Å². The van der Waals surface area contributed by atoms with Gasteiger partial charge in [0, 0.05) is 19.1 Å². The van der Waals surface area contributed by atoms with E-state index in [4.69, 9.17) is 4.99 Å². The first-order valence-corrected chi connectivity index (χ1v) is 13.2. The Kier molecular flexibility index (Phi) is 6.06. The highest BCUT2D eigenvalue weighted by Gasteiger charge is 2.46. The van der Waals surface area contributed by atoms with Crippen LogP contribution in [0.2, 0.25) is 0 Å². The van der Waals surface area contributed by atoms with Crippen molar-refractivity contribution in [2.75, 3.05) is 18.8 Å². The van der Waals surface area contributed by atoms with E-state index < -0.39 is 5.97 Å². The summed E-state index contributed by atoms with van der Waals surface area (Å²) in [6.07, 6.45) is 12.5. The van der Waals surface area contributed by atoms with E-state index >= 15 is 0 Å². The van der Waals surface area contributed by atoms with Crippen molar-refractivity contribution in [3.63, 3.8) is 0 Å². The van der Waals surface area contributed by atoms with Gasteiger partial charge < -0.3 is 15.3 Å². The molecule has 6 nitrogen and oxygen atoms in total. The summed E-state index contributed by atoms with van der Waals surface area (Å²) >= 11 is 1.71. The SMILES string of the molecule is CCSC1N=C(N2CCC(C(=O)O)C2)C=CC1C(=O)NC1CCC2CC3CC2CC1C3. The average molecular weight is 446 g/mol. The van der Waals surface area contributed by atoms with E-state index in [2.05, 4.69) is 17.1 Å². The molecule has 0 spiro atoms. The number of rotatable bonds is 5. The van der Waals surface area contributed by atoms with Crippen LogP contribution in [0.3, 0.4) is 0 Å². The summed E-state index contributed by atoms with van der Waals surface area (Å²) in [7, 11) is 0. The number of nitrogens with zero attached hydrogens (tertiary/aromatic N) is 2. The number of likely N-dealkylation sites (tertiary alicyclic amines) is 1. The average Bonchev–Trinajstić information content (AvgIpc) is 3.33. The van der Waals surface area contributed by atoms with Gasteiger partial charge in [-0.1, -0.05) is 13.0 Å². The molecule has 5 aliphatic rings. The molecule has 0 aromatic rings. The lowest BCUT2D eigenvalue weighted by atomic mass is 9.77. The Bertz CT molecular complexity index is 784. The number of thioether (sulfide) groups is 1. The monoisotopic (exact) mass is 445 g/mol. The first kappa shape index (κ1) is 21.4. The molecule has 0 radical (unpaired) electrons. The Hall–Kier alpha value is -1.50. The third-order valence-electron chi connectivity index (χ3n) is 8.45. The van der Waals surface area contributed by atoms with E-state index in [-0.39, 0.29) is 23.1 Å². The number of carbonyl (C=O) groups excluding carboxylic acids is 1. The predicted molar refractivity (Wildman–Crippen MR) is 123 cm³/mol. The van der Waals surface area contributed by atoms with Crippen molar-refractivity contribution in [2.45, 2.75) is 63.3 Å². The number of amides is 1. The van der Waals surface area contributed by atoms with E-state index in [9.17, 15) is 14.7 Å². The minimum Gasteiger partial charge on any atom is -0.481 e. The van der Waals surface area contributed by atoms with Crippen molar-refractivity contribution in [1.29, 1.82) is 0 Å². The molecule has 1 amide bonds. The van der Waals surface area contributed by atoms with Crippen LogP contribution < -0.4 is 5.32 Å². The first-order valence-electron chi connectivity index (χ1n) is 12.2. The zero-order chi connectivity index (χ0) is 21.5. The van der Waals surface area contributed by atoms with Gasteiger partial charge in [0.2, 0.25) is 5.91 Å². The van der Waals surface area contributed by atoms with Gasteiger partial charge in [0.05, 0.1) is 11.8 Å². The van der Waals surface area contributed by atoms with Crippen molar-refractivity contribution in [1.82, 2.24) is 10.2 Å². The number of hydrogen-bond acceptors (Lipinski definition) is 5. The fraction of sp³-hybridized carbons (Fsp3) is 0.792. The summed E-state index contributed by atoms with van der Waals surface area (Å²) in [6.45, 7) is 3.32. The van der Waals surface area contributed by atoms with Gasteiger partial charge in [-0.2, -0.15) is 0 Å². The van der Waals surface area contributed by atoms with Crippen molar-refractivity contribution in [2.24, 2.45) is 40.5 Å². The van der Waals surface area contributed by atoms with Gasteiger partial charge in [0.25, 0.3) is 0 Å². The molecule has 3 saturated carbocycles. The molecule has 2 heterocycles. The second-order valence-electron chi connectivity index (χ2n) is 10.3. The third kappa shape index (κ3) is 4.27. The molecule has 0 aromatic carbocycles. The number of nitrogens with one attached hydrogen (secondary N) is 1. The summed E-state index contributed by atoms with van der Waals surface area (Å²) in [5.74, 6) is 3.91. The molecule has 170 valence electrons. The van der Waals surface area contributed by atoms with Crippen molar-refractivity contribution >= 4 is 29.5 Å². The zero-order valence-electron chi connectivity index (χ0n) is 18.4. The van der Waals surface area contributed by atoms with Crippen LogP contribution in [-0.4, -0.2) is 58.0 Å². The Morgan fingerprint density at radius 3 is 2.74 bits per heavy atom. The molecule has 5 rings (SSSR count). The number of aliphatic imine (C=N–C) groups is 1. The molecule has 1 saturated heterocycles. The van der Waals surface area contributed by atoms with E-state index in [1.165, 1.54) is 32.1 Å². The van der Waals surface area contributed by atoms with Crippen LogP contribution in [-0.2, 0) is 9.59 Å². The lowest BCUT2D eigenvalue weighted by molar-refractivity contribution is -0.141. The van der Waals surface area contributed by atoms with Crippen LogP contribution >= 0.6 is 11.8 Å². The van der Waals surface area contributed by atoms with Crippen molar-refractivity contribution in [3.05, 3.63) is 12.2 Å². The number of carboxylic acid groups (broad SMARTS) is 1. The smallest absolute Gasteiger partial charge is 0.308 e. The van der Waals surface area contributed by atoms with Gasteiger partial charge in [-0.3, -0.25) is 14.6 Å². The topological polar surface area (TPSA) is 82.0 Å². The van der Waals surface area contributed by atoms with Crippen LogP contribution in [0, 0.1) is 35.5 Å². The highest BCUT2D eigenvalue weighted by atomic mass is 32.2. The standard InChI is InChI=1S/C24H35N3O3S/c1-2-31-23-19(4-6-21(26-23)27-8-7-16(13-27)24(29)30)22(28)25-20-5-3-15-9-14-10-17(15)12-18(20)11-14/h4,6,14-20,23H,2-3,5,7-13H2,1H3,(H,25,28)(H,29,30). The lowest BCUT2D eigenvalue weighted by Crippen LogP contribution is -2.46. The number of carboxylic acids is 1. The number of carbonyl (C=O) groups is 2. The summed E-state index contributed by atoms with van der Waals surface area (Å²) in [5.41, 5.74) is 0. The first-order chi connectivity index (χ1) is 15.0. The summed E-state index contributed by atoms with van der Waals surface area (Å²) in [4.78, 5) is 31.6. The van der Waals surface area contributed by atoms with Crippen LogP contribution in [0.1, 0.15) is 51.9 Å². The van der Waals surface area contributed by atoms with E-state index in [0.717, 1.165) is 35.8 Å². The summed E-state index contributed by atoms with van der Waals surface area (Å²) < 4.78 is 0. The Morgan fingerprint density at radius 1 is 1.16 bits per heavy atom. The van der Waals surface area contributed by atoms with Crippen molar-refractivity contribution < 1.29 is 14.7 Å². The molecule has 7 heteroatoms. The largest absolute Gasteiger partial charge is 0.481 e. The second kappa shape index (κ2) is 8.80. The Morgan fingerprint density at radius 2 is 1.97 bits per heavy atom. The fourth-order valence-electron chi connectivity index (χ4n) is 6.94. The maximum Gasteiger partial charge on any atom is 0.308 e. The highest BCUT2D eigenvalue weighted by Crippen LogP contribution is 2.53. The Labute approximate surface area is 189 Å². The zero-order valence-corrected chi connectivity index (χ0v) is 19.2. The van der Waals surface area contributed by atoms with Gasteiger partial charge >= 0.3 is 5.97 Å². The van der Waals surface area contributed by atoms with Gasteiger partial charge in [-0.15, -0.1) is 11.8 Å². The number of aliphatic carboxylic acids is 1. The van der Waals surface area contributed by atoms with E-state index in [1.54, 1.807) is 11.8 Å². The third-order valence-corrected chi connectivity index (χ3v) is 9.52. The molecule has 4 fully saturated rings. The van der Waals surface area contributed by atoms with E-state index in [1.807, 2.05) is 12.2 Å². The lowest BCUT2D eigenvalue weighted by Gasteiger charge is -2.35. The maximum atomic E-state index is 13.4. The predicted octanol–water partition coefficient (Wildman–Crippen LogP) is 3.39. The second-order valence-corrected chi connectivity index (χ2v) is 11.7. The number of dihydropyridines is 1. The fourth-order valence-corrected chi connectivity index (χ4v) is 7.88. The molecule has 3 bridgehead atoms. The minimum atomic E-state index is -0.731. The number of hydrogen-bond donors (Lipinski definition) is 2. The van der Waals surface area contributed by atoms with Gasteiger partial charge in [0.15, 0.2) is 0 Å². The quantitative estimate of drug-likeness (QED) is 0.678. The van der Waals surface area contributed by atoms with Gasteiger partial charge in [-0.05, 0) is 80.4 Å². The van der Waals surface area contributed by atoms with Crippen LogP contribution in [0.15, 0.2) is 17.1 Å². The number of fused-ring (bicyclic) bond motifs is 2. The molecule has 2 aliphatic heterocycles. The summed E-state index contributed by atoms with van der Waals surface area (Å²) in [5, 5.41) is 12.6. The molecule has 2 N–H and O–H groups in total. The Balaban J connectivity index is 1.24. The van der Waals surface area contributed by atoms with Gasteiger partial charge in [-0.25, -0.2) is 0 Å². The van der Waals surface area contributed by atoms with Gasteiger partial charge in [0.1, 0.15) is 11.2 Å². The normalized spacial score (nSPS) is 41.2. The molecule has 8 unspecified atom stereocenters. The molecular weight excluding hydrogens is 410 g/mol. The van der Waals surface area contributed by atoms with E-state index in [0.29, 0.717) is 31.5 Å².